The SMILES string of the molecule is COc1ccc(COc2ccc(C=O)cc2OCc2ccccc2)cc1. The first kappa shape index (κ1) is 17.5. The fourth-order valence-electron chi connectivity index (χ4n) is 2.45. The van der Waals surface area contributed by atoms with Crippen LogP contribution in [-0.4, -0.2) is 13.4 Å². The van der Waals surface area contributed by atoms with E-state index in [1.54, 1.807) is 25.3 Å². The van der Waals surface area contributed by atoms with Crippen molar-refractivity contribution in [1.29, 1.82) is 0 Å². The molecule has 0 N–H and O–H groups in total. The van der Waals surface area contributed by atoms with Gasteiger partial charge < -0.3 is 14.2 Å². The zero-order chi connectivity index (χ0) is 18.2. The summed E-state index contributed by atoms with van der Waals surface area (Å²) in [6.45, 7) is 0.800. The fraction of sp³-hybridized carbons (Fsp3) is 0.136. The molecule has 0 radical (unpaired) electrons. The Morgan fingerprint density at radius 1 is 0.769 bits per heavy atom. The standard InChI is InChI=1S/C22H20O4/c1-24-20-10-7-18(8-11-20)16-25-21-12-9-19(14-23)13-22(21)26-15-17-5-3-2-4-6-17/h2-14H,15-16H2,1H3. The molecule has 3 rings (SSSR count). The number of hydrogen-bond acceptors (Lipinski definition) is 4. The van der Waals surface area contributed by atoms with E-state index in [4.69, 9.17) is 14.2 Å². The first-order valence-corrected chi connectivity index (χ1v) is 8.30. The van der Waals surface area contributed by atoms with E-state index >= 15 is 0 Å². The normalized spacial score (nSPS) is 10.2. The second-order valence-corrected chi connectivity index (χ2v) is 5.74. The van der Waals surface area contributed by atoms with Gasteiger partial charge in [0, 0.05) is 5.56 Å². The molecule has 0 saturated carbocycles. The molecular weight excluding hydrogens is 328 g/mol. The summed E-state index contributed by atoms with van der Waals surface area (Å²) >= 11 is 0. The summed E-state index contributed by atoms with van der Waals surface area (Å²) in [5.41, 5.74) is 2.61. The van der Waals surface area contributed by atoms with Crippen molar-refractivity contribution in [2.75, 3.05) is 7.11 Å². The van der Waals surface area contributed by atoms with Crippen LogP contribution in [0.5, 0.6) is 17.2 Å². The molecular formula is C22H20O4. The number of rotatable bonds is 8. The molecule has 0 atom stereocenters. The molecule has 0 aliphatic carbocycles. The number of carbonyl (C=O) groups excluding carboxylic acids is 1. The third-order valence-corrected chi connectivity index (χ3v) is 3.89. The molecule has 0 aromatic heterocycles. The van der Waals surface area contributed by atoms with E-state index in [0.29, 0.717) is 30.3 Å². The van der Waals surface area contributed by atoms with E-state index in [9.17, 15) is 4.79 Å². The van der Waals surface area contributed by atoms with Crippen molar-refractivity contribution in [3.8, 4) is 17.2 Å². The van der Waals surface area contributed by atoms with Crippen LogP contribution in [0.25, 0.3) is 0 Å². The maximum Gasteiger partial charge on any atom is 0.162 e. The van der Waals surface area contributed by atoms with E-state index in [2.05, 4.69) is 0 Å². The molecule has 0 amide bonds. The number of methoxy groups -OCH3 is 1. The number of hydrogen-bond donors (Lipinski definition) is 0. The van der Waals surface area contributed by atoms with Gasteiger partial charge in [0.25, 0.3) is 0 Å². The van der Waals surface area contributed by atoms with Crippen LogP contribution in [0.2, 0.25) is 0 Å². The van der Waals surface area contributed by atoms with E-state index in [0.717, 1.165) is 23.2 Å². The van der Waals surface area contributed by atoms with Gasteiger partial charge in [0.05, 0.1) is 7.11 Å². The van der Waals surface area contributed by atoms with E-state index in [1.807, 2.05) is 54.6 Å². The van der Waals surface area contributed by atoms with Crippen molar-refractivity contribution in [3.05, 3.63) is 89.5 Å². The highest BCUT2D eigenvalue weighted by atomic mass is 16.5. The molecule has 0 unspecified atom stereocenters. The molecule has 0 aliphatic rings. The Balaban J connectivity index is 1.71. The Hall–Kier alpha value is -3.27. The lowest BCUT2D eigenvalue weighted by Crippen LogP contribution is -2.01. The second kappa shape index (κ2) is 8.72. The molecule has 4 heteroatoms. The number of carbonyl (C=O) groups is 1. The van der Waals surface area contributed by atoms with Gasteiger partial charge in [-0.05, 0) is 41.5 Å². The Bertz CT molecular complexity index is 842. The highest BCUT2D eigenvalue weighted by Gasteiger charge is 2.08. The molecule has 0 spiro atoms. The monoisotopic (exact) mass is 348 g/mol. The van der Waals surface area contributed by atoms with Crippen molar-refractivity contribution < 1.29 is 19.0 Å². The Labute approximate surface area is 153 Å². The highest BCUT2D eigenvalue weighted by molar-refractivity contribution is 5.76. The van der Waals surface area contributed by atoms with Gasteiger partial charge in [-0.25, -0.2) is 0 Å². The quantitative estimate of drug-likeness (QED) is 0.555. The van der Waals surface area contributed by atoms with Crippen LogP contribution in [0.4, 0.5) is 0 Å². The van der Waals surface area contributed by atoms with Crippen LogP contribution in [0, 0.1) is 0 Å². The average molecular weight is 348 g/mol. The fourth-order valence-corrected chi connectivity index (χ4v) is 2.45. The van der Waals surface area contributed by atoms with E-state index in [1.165, 1.54) is 0 Å². The molecule has 4 nitrogen and oxygen atoms in total. The summed E-state index contributed by atoms with van der Waals surface area (Å²) in [5.74, 6) is 1.95. The summed E-state index contributed by atoms with van der Waals surface area (Å²) in [6.07, 6.45) is 0.794. The summed E-state index contributed by atoms with van der Waals surface area (Å²) in [5, 5.41) is 0. The van der Waals surface area contributed by atoms with Crippen molar-refractivity contribution in [1.82, 2.24) is 0 Å². The summed E-state index contributed by atoms with van der Waals surface area (Å²) in [6, 6.07) is 22.7. The molecule has 0 saturated heterocycles. The van der Waals surface area contributed by atoms with Crippen molar-refractivity contribution >= 4 is 6.29 Å². The maximum atomic E-state index is 11.1. The predicted octanol–water partition coefficient (Wildman–Crippen LogP) is 4.67. The summed E-state index contributed by atoms with van der Waals surface area (Å²) < 4.78 is 16.9. The van der Waals surface area contributed by atoms with Crippen LogP contribution in [0.3, 0.4) is 0 Å². The third kappa shape index (κ3) is 4.63. The summed E-state index contributed by atoms with van der Waals surface area (Å²) in [4.78, 5) is 11.1. The lowest BCUT2D eigenvalue weighted by molar-refractivity contribution is 0.112. The minimum atomic E-state index is 0.395. The van der Waals surface area contributed by atoms with Gasteiger partial charge in [-0.2, -0.15) is 0 Å². The zero-order valence-corrected chi connectivity index (χ0v) is 14.6. The van der Waals surface area contributed by atoms with Crippen LogP contribution in [-0.2, 0) is 13.2 Å². The van der Waals surface area contributed by atoms with Gasteiger partial charge in [0.1, 0.15) is 25.2 Å². The number of aldehydes is 1. The molecule has 0 fully saturated rings. The molecule has 0 aliphatic heterocycles. The van der Waals surface area contributed by atoms with Crippen LogP contribution >= 0.6 is 0 Å². The topological polar surface area (TPSA) is 44.8 Å². The van der Waals surface area contributed by atoms with Crippen LogP contribution < -0.4 is 14.2 Å². The average Bonchev–Trinajstić information content (AvgIpc) is 2.72. The van der Waals surface area contributed by atoms with Gasteiger partial charge in [0.15, 0.2) is 11.5 Å². The van der Waals surface area contributed by atoms with Crippen LogP contribution in [0.1, 0.15) is 21.5 Å². The predicted molar refractivity (Wildman–Crippen MR) is 99.9 cm³/mol. The smallest absolute Gasteiger partial charge is 0.162 e. The Morgan fingerprint density at radius 2 is 1.42 bits per heavy atom. The minimum absolute atomic E-state index is 0.395. The van der Waals surface area contributed by atoms with Crippen molar-refractivity contribution in [2.45, 2.75) is 13.2 Å². The van der Waals surface area contributed by atoms with Gasteiger partial charge >= 0.3 is 0 Å². The minimum Gasteiger partial charge on any atom is -0.497 e. The van der Waals surface area contributed by atoms with Crippen molar-refractivity contribution in [2.24, 2.45) is 0 Å². The molecule has 3 aromatic rings. The molecule has 26 heavy (non-hydrogen) atoms. The third-order valence-electron chi connectivity index (χ3n) is 3.89. The number of ether oxygens (including phenoxy) is 3. The van der Waals surface area contributed by atoms with E-state index < -0.39 is 0 Å². The van der Waals surface area contributed by atoms with Crippen molar-refractivity contribution in [3.63, 3.8) is 0 Å². The first-order valence-electron chi connectivity index (χ1n) is 8.30. The van der Waals surface area contributed by atoms with Crippen LogP contribution in [0.15, 0.2) is 72.8 Å². The second-order valence-electron chi connectivity index (χ2n) is 5.74. The Morgan fingerprint density at radius 3 is 2.08 bits per heavy atom. The molecule has 132 valence electrons. The zero-order valence-electron chi connectivity index (χ0n) is 14.6. The van der Waals surface area contributed by atoms with Gasteiger partial charge in [-0.1, -0.05) is 42.5 Å². The first-order chi connectivity index (χ1) is 12.8. The lowest BCUT2D eigenvalue weighted by atomic mass is 10.2. The maximum absolute atomic E-state index is 11.1. The largest absolute Gasteiger partial charge is 0.497 e. The van der Waals surface area contributed by atoms with E-state index in [-0.39, 0.29) is 0 Å². The highest BCUT2D eigenvalue weighted by Crippen LogP contribution is 2.29. The van der Waals surface area contributed by atoms with Gasteiger partial charge in [0.2, 0.25) is 0 Å². The Kier molecular flexibility index (Phi) is 5.88. The summed E-state index contributed by atoms with van der Waals surface area (Å²) in [7, 11) is 1.64. The number of benzene rings is 3. The molecule has 3 aromatic carbocycles. The van der Waals surface area contributed by atoms with Gasteiger partial charge in [-0.15, -0.1) is 0 Å². The van der Waals surface area contributed by atoms with Gasteiger partial charge in [-0.3, -0.25) is 4.79 Å². The molecule has 0 bridgehead atoms. The molecule has 0 heterocycles. The lowest BCUT2D eigenvalue weighted by Gasteiger charge is -2.14.